The van der Waals surface area contributed by atoms with Crippen LogP contribution in [0.5, 0.6) is 0 Å². The fourth-order valence-electron chi connectivity index (χ4n) is 1.81. The van der Waals surface area contributed by atoms with Crippen LogP contribution in [0.2, 0.25) is 0 Å². The summed E-state index contributed by atoms with van der Waals surface area (Å²) in [6.07, 6.45) is 0.877. The Bertz CT molecular complexity index is 266. The molecule has 0 bridgehead atoms. The van der Waals surface area contributed by atoms with Gasteiger partial charge in [0.05, 0.1) is 65.1 Å². The van der Waals surface area contributed by atoms with Crippen LogP contribution in [-0.4, -0.2) is 78.3 Å². The minimum atomic E-state index is -0.106. The van der Waals surface area contributed by atoms with Crippen LogP contribution in [0, 0.1) is 5.41 Å². The molecule has 0 radical (unpaired) electrons. The summed E-state index contributed by atoms with van der Waals surface area (Å²) in [5, 5.41) is 0. The largest absolute Gasteiger partial charge is 0.379 e. The highest BCUT2D eigenvalue weighted by molar-refractivity contribution is 4.58. The third-order valence-corrected chi connectivity index (χ3v) is 2.99. The van der Waals surface area contributed by atoms with E-state index in [1.165, 1.54) is 0 Å². The van der Waals surface area contributed by atoms with Crippen molar-refractivity contribution >= 4 is 0 Å². The lowest BCUT2D eigenvalue weighted by Crippen LogP contribution is -2.22. The molecule has 0 N–H and O–H groups in total. The highest BCUT2D eigenvalue weighted by Gasteiger charge is 2.09. The quantitative estimate of drug-likeness (QED) is 0.362. The Balaban J connectivity index is 3.07. The summed E-state index contributed by atoms with van der Waals surface area (Å²) in [5.74, 6) is 0. The molecule has 0 aromatic carbocycles. The fraction of sp³-hybridized carbons (Fsp3) is 1.00. The predicted octanol–water partition coefficient (Wildman–Crippen LogP) is 3.32. The van der Waals surface area contributed by atoms with E-state index in [0.717, 1.165) is 13.0 Å². The van der Waals surface area contributed by atoms with Gasteiger partial charge in [0.15, 0.2) is 0 Å². The molecular weight excluding hydrogens is 336 g/mol. The molecule has 0 aliphatic carbocycles. The fourth-order valence-corrected chi connectivity index (χ4v) is 1.81. The maximum atomic E-state index is 5.56. The third-order valence-electron chi connectivity index (χ3n) is 2.99. The van der Waals surface area contributed by atoms with Gasteiger partial charge in [0.1, 0.15) is 0 Å². The molecule has 0 unspecified atom stereocenters. The molecule has 0 fully saturated rings. The van der Waals surface area contributed by atoms with Crippen LogP contribution in [0.25, 0.3) is 0 Å². The van der Waals surface area contributed by atoms with Gasteiger partial charge < -0.3 is 28.4 Å². The summed E-state index contributed by atoms with van der Waals surface area (Å²) in [5.41, 5.74) is 0.100. The van der Waals surface area contributed by atoms with Crippen LogP contribution in [0.4, 0.5) is 0 Å². The van der Waals surface area contributed by atoms with Crippen LogP contribution in [0.3, 0.4) is 0 Å². The second-order valence-electron chi connectivity index (χ2n) is 8.38. The van der Waals surface area contributed by atoms with Crippen molar-refractivity contribution in [1.82, 2.24) is 0 Å². The van der Waals surface area contributed by atoms with Crippen molar-refractivity contribution < 1.29 is 28.4 Å². The van der Waals surface area contributed by atoms with E-state index in [4.69, 9.17) is 28.4 Å². The Morgan fingerprint density at radius 3 is 1.27 bits per heavy atom. The molecule has 6 nitrogen and oxygen atoms in total. The lowest BCUT2D eigenvalue weighted by atomic mass is 9.99. The SMILES string of the molecule is CC(C)(C)COCCOCCOCCCOCCOCCOC(C)(C)C. The smallest absolute Gasteiger partial charge is 0.0707 e. The molecule has 0 aromatic heterocycles. The van der Waals surface area contributed by atoms with Crippen molar-refractivity contribution in [3.8, 4) is 0 Å². The topological polar surface area (TPSA) is 55.4 Å². The average Bonchev–Trinajstić information content (AvgIpc) is 2.51. The maximum Gasteiger partial charge on any atom is 0.0707 e. The van der Waals surface area contributed by atoms with Crippen LogP contribution in [0.1, 0.15) is 48.0 Å². The summed E-state index contributed by atoms with van der Waals surface area (Å²) in [6.45, 7) is 19.6. The van der Waals surface area contributed by atoms with Crippen LogP contribution < -0.4 is 0 Å². The summed E-state index contributed by atoms with van der Waals surface area (Å²) >= 11 is 0. The zero-order valence-corrected chi connectivity index (χ0v) is 17.9. The first kappa shape index (κ1) is 25.8. The lowest BCUT2D eigenvalue weighted by molar-refractivity contribution is -0.0434. The Morgan fingerprint density at radius 1 is 0.462 bits per heavy atom. The minimum absolute atomic E-state index is 0.106. The first-order chi connectivity index (χ1) is 12.2. The Morgan fingerprint density at radius 2 is 0.846 bits per heavy atom. The number of ether oxygens (including phenoxy) is 6. The normalized spacial score (nSPS) is 12.7. The summed E-state index contributed by atoms with van der Waals surface area (Å²) < 4.78 is 33.0. The Labute approximate surface area is 160 Å². The molecule has 0 saturated heterocycles. The molecule has 0 atom stereocenters. The van der Waals surface area contributed by atoms with Crippen molar-refractivity contribution in [2.24, 2.45) is 5.41 Å². The molecule has 0 saturated carbocycles. The standard InChI is InChI=1S/C20H42O6/c1-19(2,3)18-25-15-14-23-12-10-21-8-7-9-22-11-13-24-16-17-26-20(4,5)6/h7-18H2,1-6H3. The van der Waals surface area contributed by atoms with Gasteiger partial charge in [-0.05, 0) is 32.6 Å². The van der Waals surface area contributed by atoms with E-state index in [9.17, 15) is 0 Å². The minimum Gasteiger partial charge on any atom is -0.379 e. The lowest BCUT2D eigenvalue weighted by Gasteiger charge is -2.19. The molecule has 0 spiro atoms. The number of rotatable bonds is 17. The van der Waals surface area contributed by atoms with E-state index in [0.29, 0.717) is 66.1 Å². The monoisotopic (exact) mass is 378 g/mol. The van der Waals surface area contributed by atoms with Crippen molar-refractivity contribution in [1.29, 1.82) is 0 Å². The molecule has 0 aromatic rings. The second-order valence-corrected chi connectivity index (χ2v) is 8.38. The van der Waals surface area contributed by atoms with Gasteiger partial charge in [-0.15, -0.1) is 0 Å². The molecule has 6 heteroatoms. The maximum absolute atomic E-state index is 5.56. The van der Waals surface area contributed by atoms with E-state index in [2.05, 4.69) is 20.8 Å². The average molecular weight is 379 g/mol. The molecule has 0 rings (SSSR count). The summed E-state index contributed by atoms with van der Waals surface area (Å²) in [4.78, 5) is 0. The van der Waals surface area contributed by atoms with Gasteiger partial charge in [-0.25, -0.2) is 0 Å². The molecule has 0 aliphatic rings. The van der Waals surface area contributed by atoms with Gasteiger partial charge >= 0.3 is 0 Å². The molecule has 26 heavy (non-hydrogen) atoms. The highest BCUT2D eigenvalue weighted by atomic mass is 16.6. The molecule has 0 aliphatic heterocycles. The van der Waals surface area contributed by atoms with Crippen molar-refractivity contribution in [3.05, 3.63) is 0 Å². The molecular formula is C20H42O6. The number of hydrogen-bond acceptors (Lipinski definition) is 6. The molecule has 0 heterocycles. The van der Waals surface area contributed by atoms with Gasteiger partial charge in [0, 0.05) is 13.2 Å². The van der Waals surface area contributed by atoms with Gasteiger partial charge in [0.2, 0.25) is 0 Å². The van der Waals surface area contributed by atoms with Crippen LogP contribution in [-0.2, 0) is 28.4 Å². The van der Waals surface area contributed by atoms with E-state index < -0.39 is 0 Å². The zero-order valence-electron chi connectivity index (χ0n) is 17.9. The van der Waals surface area contributed by atoms with E-state index >= 15 is 0 Å². The van der Waals surface area contributed by atoms with Crippen molar-refractivity contribution in [2.75, 3.05) is 72.7 Å². The van der Waals surface area contributed by atoms with Gasteiger partial charge in [0.25, 0.3) is 0 Å². The molecule has 0 amide bonds. The van der Waals surface area contributed by atoms with E-state index in [1.54, 1.807) is 0 Å². The van der Waals surface area contributed by atoms with Crippen LogP contribution in [0.15, 0.2) is 0 Å². The third kappa shape index (κ3) is 23.8. The predicted molar refractivity (Wildman–Crippen MR) is 104 cm³/mol. The Hall–Kier alpha value is -0.240. The van der Waals surface area contributed by atoms with Gasteiger partial charge in [-0.2, -0.15) is 0 Å². The Kier molecular flexibility index (Phi) is 15.6. The first-order valence-electron chi connectivity index (χ1n) is 9.73. The van der Waals surface area contributed by atoms with E-state index in [1.807, 2.05) is 20.8 Å². The van der Waals surface area contributed by atoms with Gasteiger partial charge in [-0.1, -0.05) is 20.8 Å². The zero-order chi connectivity index (χ0) is 19.7. The second kappa shape index (κ2) is 15.8. The van der Waals surface area contributed by atoms with Crippen LogP contribution >= 0.6 is 0 Å². The van der Waals surface area contributed by atoms with Gasteiger partial charge in [-0.3, -0.25) is 0 Å². The van der Waals surface area contributed by atoms with E-state index in [-0.39, 0.29) is 11.0 Å². The first-order valence-corrected chi connectivity index (χ1v) is 9.73. The highest BCUT2D eigenvalue weighted by Crippen LogP contribution is 2.12. The van der Waals surface area contributed by atoms with Crippen molar-refractivity contribution in [2.45, 2.75) is 53.6 Å². The number of hydrogen-bond donors (Lipinski definition) is 0. The molecule has 158 valence electrons. The summed E-state index contributed by atoms with van der Waals surface area (Å²) in [7, 11) is 0. The van der Waals surface area contributed by atoms with Crippen molar-refractivity contribution in [3.63, 3.8) is 0 Å². The summed E-state index contributed by atoms with van der Waals surface area (Å²) in [6, 6.07) is 0.